The molecule has 3 heterocycles. The third-order valence-electron chi connectivity index (χ3n) is 6.39. The topological polar surface area (TPSA) is 53.4 Å². The minimum atomic E-state index is -0.00927. The number of nitrogens with one attached hydrogen (secondary N) is 1. The van der Waals surface area contributed by atoms with Crippen molar-refractivity contribution in [2.24, 2.45) is 0 Å². The van der Waals surface area contributed by atoms with Crippen LogP contribution in [0.2, 0.25) is 0 Å². The highest BCUT2D eigenvalue weighted by Crippen LogP contribution is 2.30. The smallest absolute Gasteiger partial charge is 0.261 e. The first-order valence-corrected chi connectivity index (χ1v) is 12.3. The first kappa shape index (κ1) is 21.7. The zero-order valence-electron chi connectivity index (χ0n) is 19.1. The average Bonchev–Trinajstić information content (AvgIpc) is 3.44. The van der Waals surface area contributed by atoms with Gasteiger partial charge in [0.25, 0.3) is 5.91 Å². The Hall–Kier alpha value is -3.16. The summed E-state index contributed by atoms with van der Waals surface area (Å²) >= 11 is 1.50. The molecule has 5 rings (SSSR count). The molecule has 1 N–H and O–H groups in total. The van der Waals surface area contributed by atoms with Crippen LogP contribution in [0.3, 0.4) is 0 Å². The summed E-state index contributed by atoms with van der Waals surface area (Å²) in [5.41, 5.74) is 3.23. The van der Waals surface area contributed by atoms with Gasteiger partial charge in [-0.25, -0.2) is 4.68 Å². The molecular formula is C26H29N5OS. The summed E-state index contributed by atoms with van der Waals surface area (Å²) in [6, 6.07) is 22.9. The van der Waals surface area contributed by atoms with Crippen molar-refractivity contribution < 1.29 is 4.79 Å². The summed E-state index contributed by atoms with van der Waals surface area (Å²) in [4.78, 5) is 19.6. The van der Waals surface area contributed by atoms with Gasteiger partial charge in [0.2, 0.25) is 0 Å². The zero-order chi connectivity index (χ0) is 22.8. The van der Waals surface area contributed by atoms with Crippen molar-refractivity contribution in [1.82, 2.24) is 20.0 Å². The Morgan fingerprint density at radius 3 is 2.30 bits per heavy atom. The predicted molar refractivity (Wildman–Crippen MR) is 136 cm³/mol. The molecule has 2 aromatic heterocycles. The van der Waals surface area contributed by atoms with Crippen molar-refractivity contribution in [2.45, 2.75) is 19.9 Å². The van der Waals surface area contributed by atoms with E-state index in [-0.39, 0.29) is 5.91 Å². The van der Waals surface area contributed by atoms with Gasteiger partial charge >= 0.3 is 0 Å². The summed E-state index contributed by atoms with van der Waals surface area (Å²) in [6.45, 7) is 8.85. The van der Waals surface area contributed by atoms with E-state index in [1.165, 1.54) is 17.0 Å². The van der Waals surface area contributed by atoms with Gasteiger partial charge in [0.05, 0.1) is 16.3 Å². The van der Waals surface area contributed by atoms with Crippen molar-refractivity contribution in [2.75, 3.05) is 37.6 Å². The number of hydrogen-bond acceptors (Lipinski definition) is 5. The molecule has 1 atom stereocenters. The van der Waals surface area contributed by atoms with Gasteiger partial charge in [-0.15, -0.1) is 11.3 Å². The molecule has 0 aliphatic carbocycles. The lowest BCUT2D eigenvalue weighted by molar-refractivity contribution is 0.0938. The number of nitrogens with zero attached hydrogens (tertiary/aromatic N) is 4. The van der Waals surface area contributed by atoms with E-state index in [2.05, 4.69) is 57.5 Å². The van der Waals surface area contributed by atoms with Gasteiger partial charge in [0, 0.05) is 49.8 Å². The van der Waals surface area contributed by atoms with E-state index in [1.54, 1.807) is 0 Å². The summed E-state index contributed by atoms with van der Waals surface area (Å²) in [6.07, 6.45) is 0. The van der Waals surface area contributed by atoms with Crippen molar-refractivity contribution >= 4 is 33.1 Å². The predicted octanol–water partition coefficient (Wildman–Crippen LogP) is 4.34. The second kappa shape index (κ2) is 9.37. The normalized spacial score (nSPS) is 15.6. The standard InChI is InChI=1S/C26H29N5OS/c1-19(29-13-15-30(16-14-29)21-9-5-3-6-10-21)18-27-25(32)24-17-23-20(2)28-31(26(23)33-24)22-11-7-4-8-12-22/h3-12,17,19H,13-16,18H2,1-2H3,(H,27,32). The molecule has 170 valence electrons. The van der Waals surface area contributed by atoms with Crippen LogP contribution in [0.5, 0.6) is 0 Å². The van der Waals surface area contributed by atoms with Crippen LogP contribution in [0, 0.1) is 6.92 Å². The lowest BCUT2D eigenvalue weighted by atomic mass is 10.2. The molecule has 4 aromatic rings. The molecule has 1 unspecified atom stereocenters. The molecule has 6 nitrogen and oxygen atoms in total. The molecule has 1 amide bonds. The first-order chi connectivity index (χ1) is 16.1. The number of hydrogen-bond donors (Lipinski definition) is 1. The van der Waals surface area contributed by atoms with Crippen LogP contribution in [0.1, 0.15) is 22.3 Å². The molecule has 1 aliphatic rings. The Morgan fingerprint density at radius 1 is 1.00 bits per heavy atom. The van der Waals surface area contributed by atoms with Crippen LogP contribution in [0.4, 0.5) is 5.69 Å². The third-order valence-corrected chi connectivity index (χ3v) is 7.50. The number of amides is 1. The number of aromatic nitrogens is 2. The van der Waals surface area contributed by atoms with E-state index in [4.69, 9.17) is 0 Å². The molecule has 0 spiro atoms. The van der Waals surface area contributed by atoms with Crippen molar-refractivity contribution in [1.29, 1.82) is 0 Å². The fourth-order valence-electron chi connectivity index (χ4n) is 4.42. The SMILES string of the molecule is Cc1nn(-c2ccccc2)c2sc(C(=O)NCC(C)N3CCN(c4ccccc4)CC3)cc12. The van der Waals surface area contributed by atoms with Crippen LogP contribution in [0.25, 0.3) is 15.9 Å². The molecule has 7 heteroatoms. The van der Waals surface area contributed by atoms with Gasteiger partial charge in [-0.05, 0) is 44.2 Å². The molecule has 0 saturated carbocycles. The molecule has 1 fully saturated rings. The summed E-state index contributed by atoms with van der Waals surface area (Å²) in [5.74, 6) is -0.00927. The lowest BCUT2D eigenvalue weighted by Gasteiger charge is -2.39. The first-order valence-electron chi connectivity index (χ1n) is 11.5. The van der Waals surface area contributed by atoms with Crippen LogP contribution in [-0.4, -0.2) is 59.4 Å². The number of carbonyl (C=O) groups is 1. The number of para-hydroxylation sites is 2. The maximum atomic E-state index is 12.9. The number of rotatable bonds is 6. The summed E-state index contributed by atoms with van der Waals surface area (Å²) < 4.78 is 1.93. The summed E-state index contributed by atoms with van der Waals surface area (Å²) in [5, 5.41) is 8.86. The van der Waals surface area contributed by atoms with E-state index in [9.17, 15) is 4.79 Å². The van der Waals surface area contributed by atoms with Gasteiger partial charge in [-0.2, -0.15) is 5.10 Å². The molecule has 1 saturated heterocycles. The quantitative estimate of drug-likeness (QED) is 0.466. The number of piperazine rings is 1. The van der Waals surface area contributed by atoms with Gasteiger partial charge in [-0.1, -0.05) is 36.4 Å². The highest BCUT2D eigenvalue weighted by Gasteiger charge is 2.22. The highest BCUT2D eigenvalue weighted by molar-refractivity contribution is 7.20. The Morgan fingerprint density at radius 2 is 1.64 bits per heavy atom. The van der Waals surface area contributed by atoms with Crippen molar-refractivity contribution in [3.8, 4) is 5.69 Å². The van der Waals surface area contributed by atoms with Crippen LogP contribution in [-0.2, 0) is 0 Å². The number of thiophene rings is 1. The van der Waals surface area contributed by atoms with Crippen LogP contribution < -0.4 is 10.2 Å². The van der Waals surface area contributed by atoms with Gasteiger partial charge < -0.3 is 10.2 Å². The molecule has 1 aliphatic heterocycles. The molecular weight excluding hydrogens is 430 g/mol. The maximum absolute atomic E-state index is 12.9. The van der Waals surface area contributed by atoms with Gasteiger partial charge in [0.15, 0.2) is 0 Å². The zero-order valence-corrected chi connectivity index (χ0v) is 19.9. The average molecular weight is 460 g/mol. The largest absolute Gasteiger partial charge is 0.369 e. The van der Waals surface area contributed by atoms with Crippen LogP contribution in [0.15, 0.2) is 66.7 Å². The van der Waals surface area contributed by atoms with Crippen LogP contribution >= 0.6 is 11.3 Å². The van der Waals surface area contributed by atoms with E-state index in [1.807, 2.05) is 48.0 Å². The minimum Gasteiger partial charge on any atom is -0.369 e. The second-order valence-corrected chi connectivity index (χ2v) is 9.61. The molecule has 0 radical (unpaired) electrons. The number of aryl methyl sites for hydroxylation is 1. The van der Waals surface area contributed by atoms with Gasteiger partial charge in [-0.3, -0.25) is 9.69 Å². The summed E-state index contributed by atoms with van der Waals surface area (Å²) in [7, 11) is 0. The molecule has 33 heavy (non-hydrogen) atoms. The Kier molecular flexibility index (Phi) is 6.15. The third kappa shape index (κ3) is 4.51. The van der Waals surface area contributed by atoms with E-state index in [0.29, 0.717) is 12.6 Å². The Balaban J connectivity index is 1.20. The number of carbonyl (C=O) groups excluding carboxylic acids is 1. The fourth-order valence-corrected chi connectivity index (χ4v) is 5.52. The number of anilines is 1. The second-order valence-electron chi connectivity index (χ2n) is 8.58. The monoisotopic (exact) mass is 459 g/mol. The fraction of sp³-hybridized carbons (Fsp3) is 0.308. The van der Waals surface area contributed by atoms with Crippen molar-refractivity contribution in [3.63, 3.8) is 0 Å². The van der Waals surface area contributed by atoms with E-state index < -0.39 is 0 Å². The number of fused-ring (bicyclic) bond motifs is 1. The van der Waals surface area contributed by atoms with E-state index in [0.717, 1.165) is 52.7 Å². The lowest BCUT2D eigenvalue weighted by Crippen LogP contribution is -2.52. The Bertz CT molecular complexity index is 1230. The highest BCUT2D eigenvalue weighted by atomic mass is 32.1. The van der Waals surface area contributed by atoms with Gasteiger partial charge in [0.1, 0.15) is 4.83 Å². The number of benzene rings is 2. The molecule has 2 aromatic carbocycles. The van der Waals surface area contributed by atoms with E-state index >= 15 is 0 Å². The molecule has 0 bridgehead atoms. The Labute approximate surface area is 198 Å². The van der Waals surface area contributed by atoms with Crippen molar-refractivity contribution in [3.05, 3.63) is 77.3 Å². The maximum Gasteiger partial charge on any atom is 0.261 e. The minimum absolute atomic E-state index is 0.00927.